The molecule has 4 aromatic heterocycles. The van der Waals surface area contributed by atoms with Gasteiger partial charge in [0.2, 0.25) is 5.91 Å². The standard InChI is InChI=1S/C28H33FN8O2/c1-17-11-23(20-7-9-28(39-4,10-8-20)27(30)38)33-25(12-17)37(26-13-18(2)34-35-26)19(3)21-5-6-24(31-14-21)36-16-22(29)15-32-36/h5-6,11-16,19-20H,7-10H2,1-4H3,(H2,30,38)(H,34,35)/t19-,20?,28?/m0/s1. The first-order valence-electron chi connectivity index (χ1n) is 13.0. The second-order valence-corrected chi connectivity index (χ2v) is 10.3. The molecule has 1 fully saturated rings. The number of anilines is 2. The third-order valence-electron chi connectivity index (χ3n) is 7.64. The third-order valence-corrected chi connectivity index (χ3v) is 7.64. The predicted molar refractivity (Wildman–Crippen MR) is 144 cm³/mol. The fraction of sp³-hybridized carbons (Fsp3) is 0.393. The summed E-state index contributed by atoms with van der Waals surface area (Å²) in [6.07, 6.45) is 6.82. The number of nitrogens with one attached hydrogen (secondary N) is 1. The Balaban J connectivity index is 1.47. The lowest BCUT2D eigenvalue weighted by molar-refractivity contribution is -0.144. The molecule has 11 heteroatoms. The minimum atomic E-state index is -0.905. The van der Waals surface area contributed by atoms with Gasteiger partial charge in [-0.25, -0.2) is 19.0 Å². The van der Waals surface area contributed by atoms with Crippen LogP contribution in [0.2, 0.25) is 0 Å². The van der Waals surface area contributed by atoms with Gasteiger partial charge in [0.15, 0.2) is 17.5 Å². The van der Waals surface area contributed by atoms with E-state index in [-0.39, 0.29) is 12.0 Å². The molecule has 4 heterocycles. The van der Waals surface area contributed by atoms with E-state index in [9.17, 15) is 9.18 Å². The molecule has 0 radical (unpaired) electrons. The number of aromatic nitrogens is 6. The maximum atomic E-state index is 13.4. The number of amides is 1. The van der Waals surface area contributed by atoms with Crippen LogP contribution in [0.15, 0.2) is 48.9 Å². The number of ether oxygens (including phenoxy) is 1. The zero-order valence-electron chi connectivity index (χ0n) is 22.6. The molecule has 0 bridgehead atoms. The van der Waals surface area contributed by atoms with E-state index in [4.69, 9.17) is 15.5 Å². The zero-order chi connectivity index (χ0) is 27.7. The van der Waals surface area contributed by atoms with Gasteiger partial charge in [0.1, 0.15) is 11.4 Å². The van der Waals surface area contributed by atoms with E-state index in [1.54, 1.807) is 13.3 Å². The molecule has 5 rings (SSSR count). The predicted octanol–water partition coefficient (Wildman–Crippen LogP) is 4.57. The van der Waals surface area contributed by atoms with Gasteiger partial charge < -0.3 is 15.4 Å². The van der Waals surface area contributed by atoms with Crippen molar-refractivity contribution >= 4 is 17.5 Å². The summed E-state index contributed by atoms with van der Waals surface area (Å²) in [6.45, 7) is 6.08. The van der Waals surface area contributed by atoms with Crippen molar-refractivity contribution < 1.29 is 13.9 Å². The number of aryl methyl sites for hydroxylation is 2. The minimum Gasteiger partial charge on any atom is -0.368 e. The molecule has 0 spiro atoms. The lowest BCUT2D eigenvalue weighted by Gasteiger charge is -2.36. The van der Waals surface area contributed by atoms with Gasteiger partial charge in [-0.15, -0.1) is 0 Å². The summed E-state index contributed by atoms with van der Waals surface area (Å²) in [6, 6.07) is 9.72. The Morgan fingerprint density at radius 3 is 2.54 bits per heavy atom. The normalized spacial score (nSPS) is 20.1. The van der Waals surface area contributed by atoms with Crippen LogP contribution in [0, 0.1) is 19.7 Å². The van der Waals surface area contributed by atoms with Gasteiger partial charge in [0, 0.05) is 36.7 Å². The Bertz CT molecular complexity index is 1460. The van der Waals surface area contributed by atoms with E-state index in [2.05, 4.69) is 45.1 Å². The molecule has 0 aromatic carbocycles. The van der Waals surface area contributed by atoms with Crippen molar-refractivity contribution in [2.45, 2.75) is 64.0 Å². The number of halogens is 1. The number of nitrogens with zero attached hydrogens (tertiary/aromatic N) is 6. The minimum absolute atomic E-state index is 0.173. The average molecular weight is 533 g/mol. The van der Waals surface area contributed by atoms with Crippen LogP contribution in [-0.2, 0) is 9.53 Å². The van der Waals surface area contributed by atoms with E-state index in [0.717, 1.165) is 53.2 Å². The van der Waals surface area contributed by atoms with Crippen molar-refractivity contribution in [2.24, 2.45) is 5.73 Å². The maximum absolute atomic E-state index is 13.4. The zero-order valence-corrected chi connectivity index (χ0v) is 22.6. The molecule has 0 aliphatic heterocycles. The highest BCUT2D eigenvalue weighted by molar-refractivity contribution is 5.83. The highest BCUT2D eigenvalue weighted by Crippen LogP contribution is 2.41. The Hall–Kier alpha value is -4.12. The summed E-state index contributed by atoms with van der Waals surface area (Å²) in [5.74, 6) is 1.37. The van der Waals surface area contributed by atoms with E-state index in [0.29, 0.717) is 18.7 Å². The highest BCUT2D eigenvalue weighted by Gasteiger charge is 2.41. The van der Waals surface area contributed by atoms with Crippen molar-refractivity contribution in [3.8, 4) is 5.82 Å². The van der Waals surface area contributed by atoms with Gasteiger partial charge in [-0.1, -0.05) is 6.07 Å². The quantitative estimate of drug-likeness (QED) is 0.340. The Labute approximate surface area is 226 Å². The Morgan fingerprint density at radius 1 is 1.21 bits per heavy atom. The number of pyridine rings is 2. The lowest BCUT2D eigenvalue weighted by atomic mass is 9.76. The van der Waals surface area contributed by atoms with Gasteiger partial charge in [-0.3, -0.25) is 9.89 Å². The number of nitrogens with two attached hydrogens (primary N) is 1. The van der Waals surface area contributed by atoms with Crippen molar-refractivity contribution in [3.63, 3.8) is 0 Å². The van der Waals surface area contributed by atoms with Crippen molar-refractivity contribution in [3.05, 3.63) is 77.3 Å². The number of primary amides is 1. The molecule has 1 aliphatic rings. The fourth-order valence-electron chi connectivity index (χ4n) is 5.34. The summed E-state index contributed by atoms with van der Waals surface area (Å²) in [5.41, 5.74) is 8.66. The molecular weight excluding hydrogens is 499 g/mol. The number of rotatable bonds is 8. The Morgan fingerprint density at radius 2 is 1.97 bits per heavy atom. The number of aromatic amines is 1. The summed E-state index contributed by atoms with van der Waals surface area (Å²) in [5, 5.41) is 11.6. The second kappa shape index (κ2) is 10.6. The van der Waals surface area contributed by atoms with Crippen LogP contribution in [0.5, 0.6) is 0 Å². The molecule has 204 valence electrons. The SMILES string of the molecule is COC1(C(N)=O)CCC(c2cc(C)cc(N(c3cc(C)[nH]n3)[C@@H](C)c3ccc(-n4cc(F)cn4)nc3)n2)CC1. The molecule has 3 N–H and O–H groups in total. The van der Waals surface area contributed by atoms with Crippen LogP contribution in [0.4, 0.5) is 16.0 Å². The number of hydrogen-bond acceptors (Lipinski definition) is 7. The topological polar surface area (TPSA) is 128 Å². The maximum Gasteiger partial charge on any atom is 0.249 e. The molecule has 1 aliphatic carbocycles. The van der Waals surface area contributed by atoms with Crippen LogP contribution in [0.1, 0.15) is 67.1 Å². The summed E-state index contributed by atoms with van der Waals surface area (Å²) < 4.78 is 20.4. The first kappa shape index (κ1) is 26.5. The average Bonchev–Trinajstić information content (AvgIpc) is 3.56. The van der Waals surface area contributed by atoms with Crippen molar-refractivity contribution in [1.29, 1.82) is 0 Å². The number of methoxy groups -OCH3 is 1. The molecule has 39 heavy (non-hydrogen) atoms. The summed E-state index contributed by atoms with van der Waals surface area (Å²) in [4.78, 5) is 23.8. The van der Waals surface area contributed by atoms with Gasteiger partial charge in [0.05, 0.1) is 18.4 Å². The smallest absolute Gasteiger partial charge is 0.249 e. The number of carbonyl (C=O) groups excluding carboxylic acids is 1. The Kier molecular flexibility index (Phi) is 7.17. The van der Waals surface area contributed by atoms with E-state index < -0.39 is 17.3 Å². The van der Waals surface area contributed by atoms with Crippen LogP contribution in [0.25, 0.3) is 5.82 Å². The number of hydrogen-bond donors (Lipinski definition) is 2. The fourth-order valence-corrected chi connectivity index (χ4v) is 5.34. The summed E-state index contributed by atoms with van der Waals surface area (Å²) in [7, 11) is 1.55. The molecular formula is C28H33FN8O2. The molecule has 4 aromatic rings. The molecule has 1 amide bonds. The molecule has 1 atom stereocenters. The van der Waals surface area contributed by atoms with Crippen LogP contribution in [-0.4, -0.2) is 48.6 Å². The lowest BCUT2D eigenvalue weighted by Crippen LogP contribution is -2.47. The van der Waals surface area contributed by atoms with Gasteiger partial charge in [-0.2, -0.15) is 10.2 Å². The highest BCUT2D eigenvalue weighted by atomic mass is 19.1. The van der Waals surface area contributed by atoms with Crippen LogP contribution < -0.4 is 10.6 Å². The second-order valence-electron chi connectivity index (χ2n) is 10.3. The van der Waals surface area contributed by atoms with Gasteiger partial charge in [0.25, 0.3) is 0 Å². The van der Waals surface area contributed by atoms with Crippen LogP contribution in [0.3, 0.4) is 0 Å². The van der Waals surface area contributed by atoms with Gasteiger partial charge in [-0.05, 0) is 75.8 Å². The number of carbonyl (C=O) groups is 1. The number of H-pyrrole nitrogens is 1. The van der Waals surface area contributed by atoms with Crippen molar-refractivity contribution in [2.75, 3.05) is 12.0 Å². The van der Waals surface area contributed by atoms with Gasteiger partial charge >= 0.3 is 0 Å². The summed E-state index contributed by atoms with van der Waals surface area (Å²) >= 11 is 0. The largest absolute Gasteiger partial charge is 0.368 e. The molecule has 10 nitrogen and oxygen atoms in total. The van der Waals surface area contributed by atoms with Crippen molar-refractivity contribution in [1.82, 2.24) is 29.9 Å². The monoisotopic (exact) mass is 532 g/mol. The van der Waals surface area contributed by atoms with E-state index in [1.165, 1.54) is 10.9 Å². The first-order chi connectivity index (χ1) is 18.7. The molecule has 0 saturated heterocycles. The van der Waals surface area contributed by atoms with E-state index >= 15 is 0 Å². The molecule has 1 saturated carbocycles. The van der Waals surface area contributed by atoms with Crippen LogP contribution >= 0.6 is 0 Å². The van der Waals surface area contributed by atoms with E-state index in [1.807, 2.05) is 31.2 Å². The first-order valence-corrected chi connectivity index (χ1v) is 13.0. The third kappa shape index (κ3) is 5.26. The molecule has 0 unspecified atom stereocenters.